The Morgan fingerprint density at radius 2 is 1.77 bits per heavy atom. The molecule has 0 heterocycles. The Morgan fingerprint density at radius 1 is 1.23 bits per heavy atom. The van der Waals surface area contributed by atoms with Gasteiger partial charge in [0.25, 0.3) is 0 Å². The van der Waals surface area contributed by atoms with E-state index in [0.717, 1.165) is 29.7 Å². The SMILES string of the molecule is C=CCc1cccc(CC=C)c1OCC(C)OC(=O)C(=C)C. The molecule has 0 fully saturated rings. The van der Waals surface area contributed by atoms with Crippen LogP contribution in [0.15, 0.2) is 55.7 Å². The van der Waals surface area contributed by atoms with E-state index >= 15 is 0 Å². The maximum absolute atomic E-state index is 11.5. The fourth-order valence-electron chi connectivity index (χ4n) is 1.97. The number of rotatable bonds is 9. The summed E-state index contributed by atoms with van der Waals surface area (Å²) < 4.78 is 11.1. The molecule has 1 aromatic rings. The highest BCUT2D eigenvalue weighted by molar-refractivity contribution is 5.87. The maximum atomic E-state index is 11.5. The van der Waals surface area contributed by atoms with Crippen molar-refractivity contribution in [2.24, 2.45) is 0 Å². The molecule has 0 bridgehead atoms. The second-order valence-corrected chi connectivity index (χ2v) is 5.20. The van der Waals surface area contributed by atoms with Gasteiger partial charge in [0.05, 0.1) is 0 Å². The molecule has 1 rings (SSSR count). The molecule has 0 saturated heterocycles. The monoisotopic (exact) mass is 300 g/mol. The van der Waals surface area contributed by atoms with Gasteiger partial charge in [0.1, 0.15) is 18.5 Å². The largest absolute Gasteiger partial charge is 0.489 e. The van der Waals surface area contributed by atoms with Crippen LogP contribution in [0.25, 0.3) is 0 Å². The highest BCUT2D eigenvalue weighted by Gasteiger charge is 2.13. The Hall–Kier alpha value is -2.29. The molecule has 0 amide bonds. The zero-order valence-electron chi connectivity index (χ0n) is 13.4. The number of hydrogen-bond donors (Lipinski definition) is 0. The van der Waals surface area contributed by atoms with Crippen molar-refractivity contribution in [2.45, 2.75) is 32.8 Å². The summed E-state index contributed by atoms with van der Waals surface area (Å²) in [6, 6.07) is 6.01. The molecule has 22 heavy (non-hydrogen) atoms. The summed E-state index contributed by atoms with van der Waals surface area (Å²) in [5, 5.41) is 0. The molecule has 0 N–H and O–H groups in total. The van der Waals surface area contributed by atoms with E-state index in [0.29, 0.717) is 5.57 Å². The number of hydrogen-bond acceptors (Lipinski definition) is 3. The van der Waals surface area contributed by atoms with Crippen LogP contribution in [0.4, 0.5) is 0 Å². The number of carbonyl (C=O) groups is 1. The van der Waals surface area contributed by atoms with Crippen LogP contribution in [0.2, 0.25) is 0 Å². The predicted octanol–water partition coefficient (Wildman–Crippen LogP) is 4.03. The Balaban J connectivity index is 2.82. The van der Waals surface area contributed by atoms with Crippen molar-refractivity contribution in [2.75, 3.05) is 6.61 Å². The van der Waals surface area contributed by atoms with Gasteiger partial charge in [-0.3, -0.25) is 0 Å². The van der Waals surface area contributed by atoms with Crippen LogP contribution in [0.3, 0.4) is 0 Å². The average molecular weight is 300 g/mol. The minimum absolute atomic E-state index is 0.289. The smallest absolute Gasteiger partial charge is 0.333 e. The van der Waals surface area contributed by atoms with E-state index in [1.54, 1.807) is 13.8 Å². The Labute approximate surface area is 132 Å². The first kappa shape index (κ1) is 17.8. The van der Waals surface area contributed by atoms with Crippen LogP contribution in [-0.2, 0) is 22.4 Å². The Kier molecular flexibility index (Phi) is 7.17. The third kappa shape index (κ3) is 5.24. The highest BCUT2D eigenvalue weighted by atomic mass is 16.6. The molecule has 0 aliphatic heterocycles. The van der Waals surface area contributed by atoms with Gasteiger partial charge in [-0.05, 0) is 37.8 Å². The highest BCUT2D eigenvalue weighted by Crippen LogP contribution is 2.26. The number of allylic oxidation sites excluding steroid dienone is 2. The van der Waals surface area contributed by atoms with E-state index < -0.39 is 5.97 Å². The zero-order valence-corrected chi connectivity index (χ0v) is 13.4. The number of carbonyl (C=O) groups excluding carboxylic acids is 1. The number of para-hydroxylation sites is 1. The molecule has 0 aromatic heterocycles. The van der Waals surface area contributed by atoms with Gasteiger partial charge < -0.3 is 9.47 Å². The standard InChI is InChI=1S/C19H24O3/c1-6-9-16-11-8-12-17(10-7-2)18(16)21-13-15(5)22-19(20)14(3)4/h6-8,11-12,15H,1-3,9-10,13H2,4-5H3. The lowest BCUT2D eigenvalue weighted by Gasteiger charge is -2.18. The first-order chi connectivity index (χ1) is 10.5. The van der Waals surface area contributed by atoms with Crippen molar-refractivity contribution in [3.8, 4) is 5.75 Å². The minimum atomic E-state index is -0.401. The van der Waals surface area contributed by atoms with E-state index in [1.807, 2.05) is 30.4 Å². The fourth-order valence-corrected chi connectivity index (χ4v) is 1.97. The fraction of sp³-hybridized carbons (Fsp3) is 0.316. The van der Waals surface area contributed by atoms with Crippen molar-refractivity contribution in [1.82, 2.24) is 0 Å². The molecular weight excluding hydrogens is 276 g/mol. The van der Waals surface area contributed by atoms with Crippen LogP contribution in [-0.4, -0.2) is 18.7 Å². The summed E-state index contributed by atoms with van der Waals surface area (Å²) in [5.74, 6) is 0.419. The number of benzene rings is 1. The van der Waals surface area contributed by atoms with Gasteiger partial charge in [0.15, 0.2) is 0 Å². The lowest BCUT2D eigenvalue weighted by molar-refractivity contribution is -0.144. The first-order valence-electron chi connectivity index (χ1n) is 7.31. The van der Waals surface area contributed by atoms with Gasteiger partial charge in [0.2, 0.25) is 0 Å². The second kappa shape index (κ2) is 8.88. The summed E-state index contributed by atoms with van der Waals surface area (Å²) in [4.78, 5) is 11.5. The molecule has 118 valence electrons. The molecule has 0 aliphatic carbocycles. The lowest BCUT2D eigenvalue weighted by atomic mass is 10.0. The van der Waals surface area contributed by atoms with Crippen LogP contribution in [0, 0.1) is 0 Å². The molecule has 3 heteroatoms. The van der Waals surface area contributed by atoms with Crippen LogP contribution in [0.5, 0.6) is 5.75 Å². The van der Waals surface area contributed by atoms with Gasteiger partial charge in [-0.25, -0.2) is 4.79 Å². The minimum Gasteiger partial charge on any atom is -0.489 e. The molecule has 0 spiro atoms. The van der Waals surface area contributed by atoms with E-state index in [-0.39, 0.29) is 12.7 Å². The molecule has 1 aromatic carbocycles. The van der Waals surface area contributed by atoms with Crippen molar-refractivity contribution in [1.29, 1.82) is 0 Å². The third-order valence-electron chi connectivity index (χ3n) is 3.03. The maximum Gasteiger partial charge on any atom is 0.333 e. The van der Waals surface area contributed by atoms with Crippen molar-refractivity contribution < 1.29 is 14.3 Å². The summed E-state index contributed by atoms with van der Waals surface area (Å²) >= 11 is 0. The van der Waals surface area contributed by atoms with Crippen molar-refractivity contribution in [3.05, 3.63) is 66.8 Å². The summed E-state index contributed by atoms with van der Waals surface area (Å²) in [6.45, 7) is 14.8. The average Bonchev–Trinajstić information content (AvgIpc) is 2.47. The number of esters is 1. The third-order valence-corrected chi connectivity index (χ3v) is 3.03. The topological polar surface area (TPSA) is 35.5 Å². The summed E-state index contributed by atoms with van der Waals surface area (Å²) in [6.07, 6.45) is 4.77. The van der Waals surface area contributed by atoms with E-state index in [1.165, 1.54) is 0 Å². The van der Waals surface area contributed by atoms with E-state index in [2.05, 4.69) is 19.7 Å². The zero-order chi connectivity index (χ0) is 16.5. The van der Waals surface area contributed by atoms with E-state index in [9.17, 15) is 4.79 Å². The molecule has 1 unspecified atom stereocenters. The van der Waals surface area contributed by atoms with Crippen molar-refractivity contribution in [3.63, 3.8) is 0 Å². The van der Waals surface area contributed by atoms with Gasteiger partial charge in [0, 0.05) is 5.57 Å². The van der Waals surface area contributed by atoms with Crippen LogP contribution in [0.1, 0.15) is 25.0 Å². The molecule has 0 aliphatic rings. The van der Waals surface area contributed by atoms with Crippen LogP contribution >= 0.6 is 0 Å². The number of ether oxygens (including phenoxy) is 2. The molecular formula is C19H24O3. The van der Waals surface area contributed by atoms with Gasteiger partial charge >= 0.3 is 5.97 Å². The summed E-state index contributed by atoms with van der Waals surface area (Å²) in [5.41, 5.74) is 2.51. The Morgan fingerprint density at radius 3 is 2.23 bits per heavy atom. The summed E-state index contributed by atoms with van der Waals surface area (Å²) in [7, 11) is 0. The van der Waals surface area contributed by atoms with Gasteiger partial charge in [-0.2, -0.15) is 0 Å². The Bertz CT molecular complexity index is 530. The van der Waals surface area contributed by atoms with E-state index in [4.69, 9.17) is 9.47 Å². The lowest BCUT2D eigenvalue weighted by Crippen LogP contribution is -2.22. The van der Waals surface area contributed by atoms with Gasteiger partial charge in [-0.15, -0.1) is 13.2 Å². The quantitative estimate of drug-likeness (QED) is 0.392. The van der Waals surface area contributed by atoms with Gasteiger partial charge in [-0.1, -0.05) is 36.9 Å². The second-order valence-electron chi connectivity index (χ2n) is 5.20. The molecule has 1 atom stereocenters. The molecule has 0 radical (unpaired) electrons. The predicted molar refractivity (Wildman–Crippen MR) is 90.1 cm³/mol. The molecule has 0 saturated carbocycles. The molecule has 3 nitrogen and oxygen atoms in total. The first-order valence-corrected chi connectivity index (χ1v) is 7.31. The van der Waals surface area contributed by atoms with Crippen molar-refractivity contribution >= 4 is 5.97 Å². The van der Waals surface area contributed by atoms with Crippen LogP contribution < -0.4 is 4.74 Å². The normalized spacial score (nSPS) is 11.4.